The summed E-state index contributed by atoms with van der Waals surface area (Å²) in [5, 5.41) is -0.317. The van der Waals surface area contributed by atoms with Crippen molar-refractivity contribution in [1.29, 1.82) is 0 Å². The van der Waals surface area contributed by atoms with E-state index in [1.165, 1.54) is 0 Å². The van der Waals surface area contributed by atoms with Gasteiger partial charge in [-0.05, 0) is 80.1 Å². The van der Waals surface area contributed by atoms with Crippen LogP contribution in [-0.4, -0.2) is 80.1 Å². The van der Waals surface area contributed by atoms with E-state index in [0.717, 1.165) is 25.9 Å². The predicted molar refractivity (Wildman–Crippen MR) is 103 cm³/mol. The zero-order chi connectivity index (χ0) is 18.7. The van der Waals surface area contributed by atoms with Gasteiger partial charge in [0.15, 0.2) is 0 Å². The topological polar surface area (TPSA) is 43.9 Å². The first-order chi connectivity index (χ1) is 10.9. The van der Waals surface area contributed by atoms with Crippen molar-refractivity contribution >= 4 is 10.0 Å². The molecule has 6 heteroatoms. The minimum atomic E-state index is -3.08. The Bertz CT molecular complexity index is 484. The quantitative estimate of drug-likeness (QED) is 0.600. The summed E-state index contributed by atoms with van der Waals surface area (Å²) in [5.41, 5.74) is 0.130. The van der Waals surface area contributed by atoms with E-state index in [4.69, 9.17) is 0 Å². The highest BCUT2D eigenvalue weighted by Crippen LogP contribution is 2.36. The summed E-state index contributed by atoms with van der Waals surface area (Å²) in [4.78, 5) is 4.80. The van der Waals surface area contributed by atoms with E-state index in [9.17, 15) is 8.42 Å². The molecule has 0 saturated carbocycles. The minimum absolute atomic E-state index is 0.130. The lowest BCUT2D eigenvalue weighted by Gasteiger charge is -2.48. The van der Waals surface area contributed by atoms with E-state index in [1.807, 2.05) is 0 Å². The van der Waals surface area contributed by atoms with Crippen molar-refractivity contribution in [2.45, 2.75) is 71.7 Å². The normalized spacial score (nSPS) is 20.2. The average molecular weight is 362 g/mol. The van der Waals surface area contributed by atoms with Crippen LogP contribution < -0.4 is 0 Å². The van der Waals surface area contributed by atoms with Gasteiger partial charge < -0.3 is 9.80 Å². The van der Waals surface area contributed by atoms with Crippen LogP contribution in [0, 0.1) is 5.41 Å². The van der Waals surface area contributed by atoms with E-state index in [2.05, 4.69) is 51.6 Å². The molecule has 0 radical (unpaired) electrons. The monoisotopic (exact) mass is 361 g/mol. The standard InChI is InChI=1S/C18H39N3O2S/c1-15(2)19(7)11-9-17(5)20(8)12-10-18(6)13-21(14-18)24(22,23)16(3)4/h15-17H,9-14H2,1-8H3. The molecule has 0 aromatic rings. The maximum atomic E-state index is 12.2. The zero-order valence-electron chi connectivity index (χ0n) is 17.0. The lowest BCUT2D eigenvalue weighted by Crippen LogP contribution is -2.59. The Hall–Kier alpha value is -0.170. The lowest BCUT2D eigenvalue weighted by molar-refractivity contribution is 0.0628. The SMILES string of the molecule is CC(C)N(C)CCC(C)N(C)CCC1(C)CN(S(=O)(=O)C(C)C)C1. The van der Waals surface area contributed by atoms with E-state index in [0.29, 0.717) is 25.2 Å². The Morgan fingerprint density at radius 2 is 1.54 bits per heavy atom. The highest BCUT2D eigenvalue weighted by Gasteiger charge is 2.45. The second-order valence-corrected chi connectivity index (χ2v) is 11.1. The number of hydrogen-bond donors (Lipinski definition) is 0. The van der Waals surface area contributed by atoms with Crippen LogP contribution in [0.2, 0.25) is 0 Å². The van der Waals surface area contributed by atoms with Crippen LogP contribution in [-0.2, 0) is 10.0 Å². The van der Waals surface area contributed by atoms with Crippen molar-refractivity contribution in [3.05, 3.63) is 0 Å². The maximum absolute atomic E-state index is 12.2. The summed E-state index contributed by atoms with van der Waals surface area (Å²) in [6, 6.07) is 1.13. The first-order valence-electron chi connectivity index (χ1n) is 9.28. The van der Waals surface area contributed by atoms with Gasteiger partial charge in [0, 0.05) is 25.2 Å². The van der Waals surface area contributed by atoms with Gasteiger partial charge in [-0.3, -0.25) is 0 Å². The summed E-state index contributed by atoms with van der Waals surface area (Å²) < 4.78 is 26.0. The summed E-state index contributed by atoms with van der Waals surface area (Å²) in [7, 11) is 1.28. The molecule has 0 aromatic carbocycles. The van der Waals surface area contributed by atoms with Crippen LogP contribution in [0.15, 0.2) is 0 Å². The summed E-state index contributed by atoms with van der Waals surface area (Å²) >= 11 is 0. The molecule has 1 aliphatic rings. The average Bonchev–Trinajstić information content (AvgIpc) is 2.46. The van der Waals surface area contributed by atoms with Gasteiger partial charge in [0.05, 0.1) is 5.25 Å². The highest BCUT2D eigenvalue weighted by atomic mass is 32.2. The Morgan fingerprint density at radius 3 is 2.00 bits per heavy atom. The fraction of sp³-hybridized carbons (Fsp3) is 1.00. The van der Waals surface area contributed by atoms with Crippen molar-refractivity contribution in [1.82, 2.24) is 14.1 Å². The summed E-state index contributed by atoms with van der Waals surface area (Å²) in [6.45, 7) is 15.9. The van der Waals surface area contributed by atoms with Crippen molar-refractivity contribution in [2.75, 3.05) is 40.3 Å². The Labute approximate surface area is 150 Å². The third-order valence-electron chi connectivity index (χ3n) is 5.67. The van der Waals surface area contributed by atoms with E-state index < -0.39 is 10.0 Å². The molecule has 144 valence electrons. The third-order valence-corrected chi connectivity index (χ3v) is 7.84. The Morgan fingerprint density at radius 1 is 1.00 bits per heavy atom. The Kier molecular flexibility index (Phi) is 7.72. The molecule has 0 aliphatic carbocycles. The predicted octanol–water partition coefficient (Wildman–Crippen LogP) is 2.49. The molecular weight excluding hydrogens is 322 g/mol. The van der Waals surface area contributed by atoms with Gasteiger partial charge in [-0.25, -0.2) is 12.7 Å². The molecular formula is C18H39N3O2S. The summed E-state index contributed by atoms with van der Waals surface area (Å²) in [6.07, 6.45) is 2.22. The first kappa shape index (κ1) is 21.9. The molecule has 0 aromatic heterocycles. The van der Waals surface area contributed by atoms with Crippen LogP contribution >= 0.6 is 0 Å². The van der Waals surface area contributed by atoms with Gasteiger partial charge in [0.25, 0.3) is 0 Å². The molecule has 1 atom stereocenters. The smallest absolute Gasteiger partial charge is 0.216 e. The van der Waals surface area contributed by atoms with Crippen molar-refractivity contribution in [3.8, 4) is 0 Å². The largest absolute Gasteiger partial charge is 0.304 e. The van der Waals surface area contributed by atoms with Crippen LogP contribution in [0.1, 0.15) is 54.4 Å². The molecule has 1 fully saturated rings. The summed E-state index contributed by atoms with van der Waals surface area (Å²) in [5.74, 6) is 0. The molecule has 0 bridgehead atoms. The fourth-order valence-corrected chi connectivity index (χ4v) is 4.56. The van der Waals surface area contributed by atoms with Crippen LogP contribution in [0.3, 0.4) is 0 Å². The minimum Gasteiger partial charge on any atom is -0.304 e. The van der Waals surface area contributed by atoms with Crippen LogP contribution in [0.25, 0.3) is 0 Å². The Balaban J connectivity index is 2.36. The van der Waals surface area contributed by atoms with Gasteiger partial charge in [-0.1, -0.05) is 6.92 Å². The third kappa shape index (κ3) is 5.68. The molecule has 1 heterocycles. The molecule has 0 N–H and O–H groups in total. The van der Waals surface area contributed by atoms with Gasteiger partial charge in [-0.15, -0.1) is 0 Å². The van der Waals surface area contributed by atoms with Gasteiger partial charge in [-0.2, -0.15) is 0 Å². The zero-order valence-corrected chi connectivity index (χ0v) is 17.9. The second kappa shape index (κ2) is 8.47. The fourth-order valence-electron chi connectivity index (χ4n) is 2.98. The van der Waals surface area contributed by atoms with Gasteiger partial charge in [0.2, 0.25) is 10.0 Å². The van der Waals surface area contributed by atoms with E-state index in [-0.39, 0.29) is 10.7 Å². The van der Waals surface area contributed by atoms with Crippen molar-refractivity contribution in [2.24, 2.45) is 5.41 Å². The maximum Gasteiger partial charge on any atom is 0.216 e. The molecule has 1 rings (SSSR count). The number of rotatable bonds is 10. The molecule has 24 heavy (non-hydrogen) atoms. The van der Waals surface area contributed by atoms with Crippen molar-refractivity contribution < 1.29 is 8.42 Å². The number of nitrogens with zero attached hydrogens (tertiary/aromatic N) is 3. The number of sulfonamides is 1. The highest BCUT2D eigenvalue weighted by molar-refractivity contribution is 7.89. The molecule has 0 amide bonds. The lowest BCUT2D eigenvalue weighted by atomic mass is 9.80. The van der Waals surface area contributed by atoms with Crippen LogP contribution in [0.5, 0.6) is 0 Å². The first-order valence-corrected chi connectivity index (χ1v) is 10.8. The molecule has 1 unspecified atom stereocenters. The van der Waals surface area contributed by atoms with Gasteiger partial charge >= 0.3 is 0 Å². The molecule has 0 spiro atoms. The van der Waals surface area contributed by atoms with E-state index >= 15 is 0 Å². The van der Waals surface area contributed by atoms with Gasteiger partial charge in [0.1, 0.15) is 0 Å². The molecule has 1 saturated heterocycles. The second-order valence-electron chi connectivity index (χ2n) is 8.62. The van der Waals surface area contributed by atoms with E-state index in [1.54, 1.807) is 18.2 Å². The number of hydrogen-bond acceptors (Lipinski definition) is 4. The van der Waals surface area contributed by atoms with Crippen LogP contribution in [0.4, 0.5) is 0 Å². The van der Waals surface area contributed by atoms with Crippen molar-refractivity contribution in [3.63, 3.8) is 0 Å². The molecule has 5 nitrogen and oxygen atoms in total. The molecule has 1 aliphatic heterocycles.